The van der Waals surface area contributed by atoms with Crippen molar-refractivity contribution < 1.29 is 17.9 Å². The molecule has 0 spiro atoms. The molecule has 2 heterocycles. The second-order valence-corrected chi connectivity index (χ2v) is 10.2. The highest BCUT2D eigenvalue weighted by molar-refractivity contribution is 7.90. The van der Waals surface area contributed by atoms with Crippen LogP contribution in [0.1, 0.15) is 46.9 Å². The zero-order valence-electron chi connectivity index (χ0n) is 17.7. The predicted molar refractivity (Wildman–Crippen MR) is 115 cm³/mol. The lowest BCUT2D eigenvalue weighted by molar-refractivity contribution is 0.0987. The molecule has 164 valence electrons. The number of methoxy groups -OCH3 is 1. The molecule has 2 aromatic rings. The largest absolute Gasteiger partial charge is 0.480 e. The van der Waals surface area contributed by atoms with Gasteiger partial charge >= 0.3 is 0 Å². The SMILES string of the molecule is COc1cnc(C(=O)Cc2ccc3c(c2)[C@@]2(C)N=C(N)N(C)S(=O)(=O)[C@H]2CCC3)cn1. The molecule has 1 aromatic carbocycles. The molecule has 1 aliphatic heterocycles. The van der Waals surface area contributed by atoms with Gasteiger partial charge in [-0.3, -0.25) is 4.79 Å². The second-order valence-electron chi connectivity index (χ2n) is 8.05. The quantitative estimate of drug-likeness (QED) is 0.708. The summed E-state index contributed by atoms with van der Waals surface area (Å²) in [5.74, 6) is 0.116. The average Bonchev–Trinajstić information content (AvgIpc) is 2.89. The van der Waals surface area contributed by atoms with E-state index < -0.39 is 20.8 Å². The summed E-state index contributed by atoms with van der Waals surface area (Å²) in [4.78, 5) is 25.5. The van der Waals surface area contributed by atoms with Crippen molar-refractivity contribution in [2.75, 3.05) is 14.2 Å². The smallest absolute Gasteiger partial charge is 0.242 e. The number of Topliss-reactive ketones (excluding diaryl/α,β-unsaturated/α-hetero) is 1. The van der Waals surface area contributed by atoms with Crippen molar-refractivity contribution >= 4 is 21.8 Å². The van der Waals surface area contributed by atoms with E-state index in [9.17, 15) is 13.2 Å². The van der Waals surface area contributed by atoms with Gasteiger partial charge in [0, 0.05) is 13.5 Å². The maximum atomic E-state index is 13.1. The van der Waals surface area contributed by atoms with Crippen LogP contribution >= 0.6 is 0 Å². The van der Waals surface area contributed by atoms with Crippen LogP contribution in [-0.2, 0) is 28.4 Å². The summed E-state index contributed by atoms with van der Waals surface area (Å²) < 4.78 is 32.3. The number of guanidine groups is 1. The highest BCUT2D eigenvalue weighted by Crippen LogP contribution is 2.44. The molecule has 2 atom stereocenters. The Morgan fingerprint density at radius 3 is 2.77 bits per heavy atom. The first kappa shape index (κ1) is 21.2. The monoisotopic (exact) mass is 443 g/mol. The summed E-state index contributed by atoms with van der Waals surface area (Å²) in [5, 5.41) is -0.711. The Hall–Kier alpha value is -3.01. The van der Waals surface area contributed by atoms with Crippen LogP contribution in [0.2, 0.25) is 0 Å². The Morgan fingerprint density at radius 2 is 2.10 bits per heavy atom. The first-order valence-corrected chi connectivity index (χ1v) is 11.5. The first-order valence-electron chi connectivity index (χ1n) is 10.0. The van der Waals surface area contributed by atoms with Crippen LogP contribution in [0.3, 0.4) is 0 Å². The Kier molecular flexibility index (Phi) is 5.20. The Bertz CT molecular complexity index is 1160. The van der Waals surface area contributed by atoms with E-state index in [1.807, 2.05) is 25.1 Å². The van der Waals surface area contributed by atoms with Gasteiger partial charge in [-0.15, -0.1) is 0 Å². The molecule has 9 nitrogen and oxygen atoms in total. The minimum absolute atomic E-state index is 0.0263. The number of nitrogens with two attached hydrogens (primary N) is 1. The summed E-state index contributed by atoms with van der Waals surface area (Å²) in [7, 11) is -0.726. The molecule has 2 N–H and O–H groups in total. The fourth-order valence-corrected chi connectivity index (χ4v) is 6.30. The van der Waals surface area contributed by atoms with Crippen molar-refractivity contribution in [2.24, 2.45) is 10.7 Å². The highest BCUT2D eigenvalue weighted by atomic mass is 32.2. The number of aromatic nitrogens is 2. The van der Waals surface area contributed by atoms with Gasteiger partial charge in [-0.05, 0) is 42.9 Å². The predicted octanol–water partition coefficient (Wildman–Crippen LogP) is 1.42. The summed E-state index contributed by atoms with van der Waals surface area (Å²) >= 11 is 0. The second kappa shape index (κ2) is 7.60. The minimum Gasteiger partial charge on any atom is -0.480 e. The maximum Gasteiger partial charge on any atom is 0.242 e. The van der Waals surface area contributed by atoms with E-state index in [0.29, 0.717) is 12.3 Å². The number of hydrogen-bond donors (Lipinski definition) is 1. The third kappa shape index (κ3) is 3.54. The van der Waals surface area contributed by atoms with Crippen LogP contribution in [-0.4, -0.2) is 53.8 Å². The van der Waals surface area contributed by atoms with E-state index in [2.05, 4.69) is 15.0 Å². The number of ketones is 1. The Morgan fingerprint density at radius 1 is 1.32 bits per heavy atom. The molecule has 0 radical (unpaired) electrons. The van der Waals surface area contributed by atoms with Crippen LogP contribution < -0.4 is 10.5 Å². The van der Waals surface area contributed by atoms with Crippen LogP contribution in [0.15, 0.2) is 35.6 Å². The normalized spacial score (nSPS) is 24.4. The molecule has 2 aliphatic rings. The van der Waals surface area contributed by atoms with Crippen LogP contribution in [0, 0.1) is 0 Å². The molecular weight excluding hydrogens is 418 g/mol. The molecule has 31 heavy (non-hydrogen) atoms. The molecule has 1 aliphatic carbocycles. The number of ether oxygens (including phenoxy) is 1. The van der Waals surface area contributed by atoms with Crippen molar-refractivity contribution in [1.82, 2.24) is 14.3 Å². The van der Waals surface area contributed by atoms with Crippen LogP contribution in [0.4, 0.5) is 0 Å². The number of hydrogen-bond acceptors (Lipinski definition) is 8. The topological polar surface area (TPSA) is 128 Å². The summed E-state index contributed by atoms with van der Waals surface area (Å²) in [6, 6.07) is 5.75. The van der Waals surface area contributed by atoms with Gasteiger partial charge in [-0.2, -0.15) is 0 Å². The highest BCUT2D eigenvalue weighted by Gasteiger charge is 2.51. The molecule has 0 amide bonds. The molecule has 0 bridgehead atoms. The van der Waals surface area contributed by atoms with E-state index in [-0.39, 0.29) is 23.9 Å². The first-order chi connectivity index (χ1) is 14.7. The fourth-order valence-electron chi connectivity index (χ4n) is 4.40. The number of carbonyl (C=O) groups is 1. The number of carbonyl (C=O) groups excluding carboxylic acids is 1. The third-order valence-electron chi connectivity index (χ3n) is 6.16. The fraction of sp³-hybridized carbons (Fsp3) is 0.429. The Balaban J connectivity index is 1.72. The average molecular weight is 444 g/mol. The minimum atomic E-state index is -3.64. The third-order valence-corrected chi connectivity index (χ3v) is 8.52. The molecule has 0 fully saturated rings. The molecule has 0 unspecified atom stereocenters. The van der Waals surface area contributed by atoms with Crippen molar-refractivity contribution in [2.45, 2.75) is 43.4 Å². The van der Waals surface area contributed by atoms with Crippen molar-refractivity contribution in [3.8, 4) is 5.88 Å². The van der Waals surface area contributed by atoms with Crippen LogP contribution in [0.5, 0.6) is 5.88 Å². The number of nitrogens with zero attached hydrogens (tertiary/aromatic N) is 4. The zero-order valence-corrected chi connectivity index (χ0v) is 18.5. The lowest BCUT2D eigenvalue weighted by atomic mass is 9.84. The van der Waals surface area contributed by atoms with Crippen molar-refractivity contribution in [1.29, 1.82) is 0 Å². The number of fused-ring (bicyclic) bond motifs is 3. The lowest BCUT2D eigenvalue weighted by Gasteiger charge is -2.41. The molecule has 4 rings (SSSR count). The summed E-state index contributed by atoms with van der Waals surface area (Å²) in [6.07, 6.45) is 4.86. The summed E-state index contributed by atoms with van der Waals surface area (Å²) in [5.41, 5.74) is 7.81. The number of benzene rings is 1. The lowest BCUT2D eigenvalue weighted by Crippen LogP contribution is -2.56. The van der Waals surface area contributed by atoms with Gasteiger partial charge in [0.25, 0.3) is 0 Å². The molecule has 10 heteroatoms. The van der Waals surface area contributed by atoms with Crippen molar-refractivity contribution in [3.63, 3.8) is 0 Å². The van der Waals surface area contributed by atoms with E-state index in [0.717, 1.165) is 33.8 Å². The van der Waals surface area contributed by atoms with Crippen molar-refractivity contribution in [3.05, 3.63) is 53.0 Å². The molecule has 0 saturated heterocycles. The van der Waals surface area contributed by atoms with E-state index in [1.165, 1.54) is 26.6 Å². The molecule has 1 aromatic heterocycles. The summed E-state index contributed by atoms with van der Waals surface area (Å²) in [6.45, 7) is 1.82. The maximum absolute atomic E-state index is 13.1. The molecular formula is C21H25N5O4S. The number of aliphatic imine (C=N–C) groups is 1. The number of sulfonamides is 1. The van der Waals surface area contributed by atoms with E-state index >= 15 is 0 Å². The number of rotatable bonds is 4. The Labute approximate surface area is 181 Å². The van der Waals surface area contributed by atoms with Gasteiger partial charge < -0.3 is 10.5 Å². The molecule has 0 saturated carbocycles. The van der Waals surface area contributed by atoms with E-state index in [4.69, 9.17) is 10.5 Å². The van der Waals surface area contributed by atoms with Crippen LogP contribution in [0.25, 0.3) is 0 Å². The zero-order chi connectivity index (χ0) is 22.4. The van der Waals surface area contributed by atoms with Gasteiger partial charge in [0.1, 0.15) is 16.5 Å². The number of aryl methyl sites for hydroxylation is 1. The van der Waals surface area contributed by atoms with Gasteiger partial charge in [-0.25, -0.2) is 27.7 Å². The van der Waals surface area contributed by atoms with Gasteiger partial charge in [-0.1, -0.05) is 18.2 Å². The van der Waals surface area contributed by atoms with Gasteiger partial charge in [0.2, 0.25) is 21.9 Å². The standard InChI is InChI=1S/C21H25N5O4S/c1-21-15-9-13(10-17(27)16-11-24-19(30-3)12-23-16)7-8-14(15)5-4-6-18(21)31(28,29)26(2)20(22)25-21/h7-9,11-12,18H,4-6,10H2,1-3H3,(H2,22,25)/t18-,21+/m0/s1. The van der Waals surface area contributed by atoms with E-state index in [1.54, 1.807) is 0 Å². The van der Waals surface area contributed by atoms with Gasteiger partial charge in [0.05, 0.1) is 19.5 Å². The van der Waals surface area contributed by atoms with Gasteiger partial charge in [0.15, 0.2) is 5.78 Å².